The largest absolute Gasteiger partial charge is 0.376 e. The lowest BCUT2D eigenvalue weighted by Gasteiger charge is -2.09. The van der Waals surface area contributed by atoms with E-state index >= 15 is 0 Å². The van der Waals surface area contributed by atoms with Crippen molar-refractivity contribution < 1.29 is 9.59 Å². The summed E-state index contributed by atoms with van der Waals surface area (Å²) in [7, 11) is 0. The minimum absolute atomic E-state index is 0.0724. The molecule has 0 radical (unpaired) electrons. The lowest BCUT2D eigenvalue weighted by molar-refractivity contribution is -0.114. The number of benzene rings is 2. The molecule has 2 amide bonds. The summed E-state index contributed by atoms with van der Waals surface area (Å²) in [6.45, 7) is 2.94. The number of carbonyl (C=O) groups excluding carboxylic acids is 2. The molecule has 2 rings (SSSR count). The third-order valence-electron chi connectivity index (χ3n) is 3.47. The number of hydrogen-bond acceptors (Lipinski definition) is 3. The molecule has 0 fully saturated rings. The zero-order valence-electron chi connectivity index (χ0n) is 13.8. The van der Waals surface area contributed by atoms with Crippen LogP contribution in [-0.4, -0.2) is 24.9 Å². The van der Waals surface area contributed by atoms with Crippen LogP contribution in [0.25, 0.3) is 0 Å². The molecule has 126 valence electrons. The smallest absolute Gasteiger partial charge is 0.251 e. The highest BCUT2D eigenvalue weighted by Gasteiger charge is 2.05. The molecule has 0 bridgehead atoms. The molecule has 0 aliphatic heterocycles. The molecule has 2 aromatic carbocycles. The van der Waals surface area contributed by atoms with E-state index in [0.29, 0.717) is 12.1 Å². The third kappa shape index (κ3) is 5.76. The first-order chi connectivity index (χ1) is 11.7. The van der Waals surface area contributed by atoms with Crippen LogP contribution in [0.5, 0.6) is 0 Å². The number of hydrogen-bond donors (Lipinski definition) is 3. The second-order valence-corrected chi connectivity index (χ2v) is 5.45. The maximum Gasteiger partial charge on any atom is 0.251 e. The molecule has 0 aliphatic carbocycles. The molecule has 5 nitrogen and oxygen atoms in total. The Bertz CT molecular complexity index is 654. The minimum Gasteiger partial charge on any atom is -0.376 e. The number of amides is 2. The van der Waals surface area contributed by atoms with E-state index in [4.69, 9.17) is 0 Å². The summed E-state index contributed by atoms with van der Waals surface area (Å²) in [5.74, 6) is -0.195. The fourth-order valence-electron chi connectivity index (χ4n) is 2.13. The van der Waals surface area contributed by atoms with Gasteiger partial charge in [0.1, 0.15) is 0 Å². The van der Waals surface area contributed by atoms with Crippen LogP contribution >= 0.6 is 0 Å². The summed E-state index contributed by atoms with van der Waals surface area (Å²) in [5, 5.41) is 8.72. The van der Waals surface area contributed by atoms with E-state index < -0.39 is 0 Å². The number of anilines is 2. The van der Waals surface area contributed by atoms with Crippen LogP contribution < -0.4 is 16.0 Å². The molecular weight excluding hydrogens is 302 g/mol. The van der Waals surface area contributed by atoms with Crippen LogP contribution in [0.15, 0.2) is 54.6 Å². The van der Waals surface area contributed by atoms with Gasteiger partial charge in [-0.15, -0.1) is 0 Å². The molecular formula is C19H23N3O2. The zero-order chi connectivity index (χ0) is 17.2. The Morgan fingerprint density at radius 3 is 2.29 bits per heavy atom. The summed E-state index contributed by atoms with van der Waals surface area (Å²) < 4.78 is 0. The quantitative estimate of drug-likeness (QED) is 0.652. The van der Waals surface area contributed by atoms with Crippen molar-refractivity contribution in [3.8, 4) is 0 Å². The Morgan fingerprint density at radius 1 is 0.917 bits per heavy atom. The summed E-state index contributed by atoms with van der Waals surface area (Å²) in [5.41, 5.74) is 2.18. The average molecular weight is 325 g/mol. The lowest BCUT2D eigenvalue weighted by atomic mass is 10.2. The van der Waals surface area contributed by atoms with Gasteiger partial charge in [0.2, 0.25) is 5.91 Å². The molecule has 0 saturated carbocycles. The number of para-hydroxylation sites is 1. The standard InChI is InChI=1S/C19H23N3O2/c1-2-3-13-20-19(24)15-9-11-16(12-10-15)21-14-18(23)22-17-7-5-4-6-8-17/h4-12,21H,2-3,13-14H2,1H3,(H,20,24)(H,22,23). The molecule has 0 aliphatic rings. The fraction of sp³-hybridized carbons (Fsp3) is 0.263. The van der Waals surface area contributed by atoms with Crippen molar-refractivity contribution in [2.45, 2.75) is 19.8 Å². The van der Waals surface area contributed by atoms with Crippen molar-refractivity contribution in [3.05, 3.63) is 60.2 Å². The predicted octanol–water partition coefficient (Wildman–Crippen LogP) is 3.27. The van der Waals surface area contributed by atoms with Gasteiger partial charge in [-0.3, -0.25) is 9.59 Å². The Hall–Kier alpha value is -2.82. The summed E-state index contributed by atoms with van der Waals surface area (Å²) >= 11 is 0. The van der Waals surface area contributed by atoms with Crippen molar-refractivity contribution in [1.82, 2.24) is 5.32 Å². The average Bonchev–Trinajstić information content (AvgIpc) is 2.61. The molecule has 0 unspecified atom stereocenters. The molecule has 0 saturated heterocycles. The van der Waals surface area contributed by atoms with Crippen molar-refractivity contribution in [2.24, 2.45) is 0 Å². The Balaban J connectivity index is 1.79. The summed E-state index contributed by atoms with van der Waals surface area (Å²) in [6.07, 6.45) is 2.02. The number of rotatable bonds is 8. The molecule has 0 spiro atoms. The summed E-state index contributed by atoms with van der Waals surface area (Å²) in [6, 6.07) is 16.4. The van der Waals surface area contributed by atoms with Crippen LogP contribution in [0.4, 0.5) is 11.4 Å². The Kier molecular flexibility index (Phi) is 6.83. The number of unbranched alkanes of at least 4 members (excludes halogenated alkanes) is 1. The topological polar surface area (TPSA) is 70.2 Å². The lowest BCUT2D eigenvalue weighted by Crippen LogP contribution is -2.24. The van der Waals surface area contributed by atoms with Crippen LogP contribution in [0.2, 0.25) is 0 Å². The highest BCUT2D eigenvalue weighted by molar-refractivity contribution is 5.95. The summed E-state index contributed by atoms with van der Waals surface area (Å²) in [4.78, 5) is 23.8. The highest BCUT2D eigenvalue weighted by atomic mass is 16.2. The molecule has 0 heterocycles. The maximum atomic E-state index is 11.9. The molecule has 2 aromatic rings. The SMILES string of the molecule is CCCCNC(=O)c1ccc(NCC(=O)Nc2ccccc2)cc1. The first-order valence-electron chi connectivity index (χ1n) is 8.16. The first kappa shape index (κ1) is 17.5. The van der Waals surface area contributed by atoms with E-state index in [1.54, 1.807) is 24.3 Å². The fourth-order valence-corrected chi connectivity index (χ4v) is 2.13. The van der Waals surface area contributed by atoms with Gasteiger partial charge in [0.25, 0.3) is 5.91 Å². The van der Waals surface area contributed by atoms with Gasteiger partial charge in [-0.1, -0.05) is 31.5 Å². The molecule has 3 N–H and O–H groups in total. The zero-order valence-corrected chi connectivity index (χ0v) is 13.8. The van der Waals surface area contributed by atoms with Crippen molar-refractivity contribution >= 4 is 23.2 Å². The van der Waals surface area contributed by atoms with Gasteiger partial charge < -0.3 is 16.0 Å². The van der Waals surface area contributed by atoms with E-state index in [-0.39, 0.29) is 18.4 Å². The van der Waals surface area contributed by atoms with E-state index in [2.05, 4.69) is 22.9 Å². The van der Waals surface area contributed by atoms with Gasteiger partial charge in [0.05, 0.1) is 6.54 Å². The van der Waals surface area contributed by atoms with Gasteiger partial charge in [-0.2, -0.15) is 0 Å². The second kappa shape index (κ2) is 9.35. The normalized spacial score (nSPS) is 10.0. The van der Waals surface area contributed by atoms with Crippen molar-refractivity contribution in [1.29, 1.82) is 0 Å². The number of nitrogens with one attached hydrogen (secondary N) is 3. The minimum atomic E-state index is -0.123. The van der Waals surface area contributed by atoms with Crippen molar-refractivity contribution in [2.75, 3.05) is 23.7 Å². The van der Waals surface area contributed by atoms with Gasteiger partial charge in [-0.25, -0.2) is 0 Å². The number of carbonyl (C=O) groups is 2. The predicted molar refractivity (Wildman–Crippen MR) is 97.2 cm³/mol. The van der Waals surface area contributed by atoms with E-state index in [0.717, 1.165) is 24.2 Å². The van der Waals surface area contributed by atoms with Crippen LogP contribution in [0.1, 0.15) is 30.1 Å². The highest BCUT2D eigenvalue weighted by Crippen LogP contribution is 2.10. The van der Waals surface area contributed by atoms with Crippen molar-refractivity contribution in [3.63, 3.8) is 0 Å². The van der Waals surface area contributed by atoms with Gasteiger partial charge in [0, 0.05) is 23.5 Å². The third-order valence-corrected chi connectivity index (χ3v) is 3.47. The van der Waals surface area contributed by atoms with Crippen LogP contribution in [0, 0.1) is 0 Å². The van der Waals surface area contributed by atoms with Gasteiger partial charge in [0.15, 0.2) is 0 Å². The molecule has 0 atom stereocenters. The molecule has 24 heavy (non-hydrogen) atoms. The van der Waals surface area contributed by atoms with E-state index in [9.17, 15) is 9.59 Å². The van der Waals surface area contributed by atoms with Crippen LogP contribution in [-0.2, 0) is 4.79 Å². The molecule has 0 aromatic heterocycles. The van der Waals surface area contributed by atoms with Crippen LogP contribution in [0.3, 0.4) is 0 Å². The van der Waals surface area contributed by atoms with Gasteiger partial charge >= 0.3 is 0 Å². The van der Waals surface area contributed by atoms with E-state index in [1.165, 1.54) is 0 Å². The Morgan fingerprint density at radius 2 is 1.62 bits per heavy atom. The molecule has 5 heteroatoms. The maximum absolute atomic E-state index is 11.9. The monoisotopic (exact) mass is 325 g/mol. The van der Waals surface area contributed by atoms with E-state index in [1.807, 2.05) is 30.3 Å². The first-order valence-corrected chi connectivity index (χ1v) is 8.16. The second-order valence-electron chi connectivity index (χ2n) is 5.45. The van der Waals surface area contributed by atoms with Gasteiger partial charge in [-0.05, 0) is 42.8 Å². The Labute approximate surface area is 142 Å².